The molecule has 6 aromatic carbocycles. The van der Waals surface area contributed by atoms with Crippen molar-refractivity contribution in [1.29, 1.82) is 0 Å². The van der Waals surface area contributed by atoms with Gasteiger partial charge in [0.05, 0.1) is 76.1 Å². The number of alkyl halides is 1. The number of halogens is 2. The van der Waals surface area contributed by atoms with Crippen molar-refractivity contribution in [3.63, 3.8) is 0 Å². The van der Waals surface area contributed by atoms with Gasteiger partial charge in [-0.05, 0) is 109 Å². The lowest BCUT2D eigenvalue weighted by atomic mass is 9.82. The predicted molar refractivity (Wildman–Crippen MR) is 391 cm³/mol. The second-order valence-corrected chi connectivity index (χ2v) is 25.6. The Hall–Kier alpha value is -12.5. The zero-order valence-corrected chi connectivity index (χ0v) is 57.7. The molecule has 0 unspecified atom stereocenters. The molecule has 9 N–H and O–H groups in total. The van der Waals surface area contributed by atoms with Crippen molar-refractivity contribution >= 4 is 111 Å². The van der Waals surface area contributed by atoms with Crippen LogP contribution < -0.4 is 66.6 Å². The first-order valence-electron chi connectivity index (χ1n) is 31.6. The van der Waals surface area contributed by atoms with Crippen molar-refractivity contribution < 1.29 is 68.3 Å². The van der Waals surface area contributed by atoms with Gasteiger partial charge in [0, 0.05) is 97.2 Å². The van der Waals surface area contributed by atoms with E-state index in [0.717, 1.165) is 35.8 Å². The van der Waals surface area contributed by atoms with E-state index in [-0.39, 0.29) is 41.0 Å². The van der Waals surface area contributed by atoms with Crippen LogP contribution in [-0.2, 0) is 19.6 Å². The highest BCUT2D eigenvalue weighted by Crippen LogP contribution is 2.39. The van der Waals surface area contributed by atoms with Gasteiger partial charge in [-0.2, -0.15) is 0 Å². The molecule has 0 aliphatic carbocycles. The lowest BCUT2D eigenvalue weighted by molar-refractivity contribution is 0.0943. The Labute approximate surface area is 609 Å². The molecule has 6 aromatic heterocycles. The number of aromatic nitrogens is 6. The third-order valence-electron chi connectivity index (χ3n) is 14.9. The predicted octanol–water partition coefficient (Wildman–Crippen LogP) is 11.7. The first-order chi connectivity index (χ1) is 50.9. The summed E-state index contributed by atoms with van der Waals surface area (Å²) in [7, 11) is 0.599. The normalized spacial score (nSPS) is 11.8. The smallest absolute Gasteiger partial charge is 0.481 e. The lowest BCUT2D eigenvalue weighted by Crippen LogP contribution is -2.29. The number of methoxy groups -OCH3 is 2. The Bertz CT molecular complexity index is 5210. The molecule has 32 heteroatoms. The second-order valence-electron chi connectivity index (χ2n) is 21.7. The summed E-state index contributed by atoms with van der Waals surface area (Å²) in [4.78, 5) is 112. The number of ether oxygens (including phenoxy) is 5. The Balaban J connectivity index is 0.000000145. The van der Waals surface area contributed by atoms with E-state index >= 15 is 0 Å². The topological polar surface area (TPSA) is 359 Å². The highest BCUT2D eigenvalue weighted by molar-refractivity contribution is 7.16. The molecule has 15 rings (SSSR count). The van der Waals surface area contributed by atoms with E-state index in [1.807, 2.05) is 6.07 Å². The van der Waals surface area contributed by atoms with E-state index in [1.54, 1.807) is 184 Å². The monoisotopic (exact) mass is 1480 g/mol. The number of H-pyrrole nitrogens is 1. The molecule has 3 aliphatic heterocycles. The summed E-state index contributed by atoms with van der Waals surface area (Å²) in [5, 5.41) is 35.8. The number of rotatable bonds is 14. The molecule has 524 valence electrons. The quantitative estimate of drug-likeness (QED) is 0.0457. The largest absolute Gasteiger partial charge is 0.490 e. The van der Waals surface area contributed by atoms with Crippen LogP contribution in [0.3, 0.4) is 0 Å². The summed E-state index contributed by atoms with van der Waals surface area (Å²) in [5.41, 5.74) is 5.69. The number of nitrogens with one attached hydrogen (secondary N) is 7. The van der Waals surface area contributed by atoms with E-state index in [0.29, 0.717) is 126 Å². The molecule has 0 bridgehead atoms. The van der Waals surface area contributed by atoms with Crippen LogP contribution in [0.1, 0.15) is 78.2 Å². The van der Waals surface area contributed by atoms with Gasteiger partial charge in [-0.15, -0.1) is 34.0 Å². The minimum absolute atomic E-state index is 0.177. The van der Waals surface area contributed by atoms with Crippen LogP contribution in [0.4, 0.5) is 21.5 Å². The maximum absolute atomic E-state index is 12.7. The number of nitrogens with zero attached hydrogens (tertiary/aromatic N) is 5. The zero-order valence-electron chi connectivity index (χ0n) is 55.5. The first kappa shape index (κ1) is 71.3. The first-order valence-corrected chi connectivity index (χ1v) is 33.7. The van der Waals surface area contributed by atoms with Crippen LogP contribution in [0.15, 0.2) is 206 Å². The number of amides is 6. The van der Waals surface area contributed by atoms with Gasteiger partial charge >= 0.3 is 7.12 Å². The Morgan fingerprint density at radius 2 is 0.894 bits per heavy atom. The van der Waals surface area contributed by atoms with Crippen molar-refractivity contribution in [3.05, 3.63) is 264 Å². The fourth-order valence-corrected chi connectivity index (χ4v) is 12.4. The van der Waals surface area contributed by atoms with Gasteiger partial charge in [-0.25, -0.2) is 24.9 Å². The minimum atomic E-state index is -1.46. The molecule has 0 radical (unpaired) electrons. The Morgan fingerprint density at radius 3 is 1.26 bits per heavy atom. The summed E-state index contributed by atoms with van der Waals surface area (Å²) >= 11 is 9.98. The van der Waals surface area contributed by atoms with Crippen LogP contribution >= 0.6 is 45.6 Å². The average molecular weight is 1480 g/mol. The highest BCUT2D eigenvalue weighted by Gasteiger charge is 2.26. The third kappa shape index (κ3) is 18.3. The summed E-state index contributed by atoms with van der Waals surface area (Å²) in [5.74, 6) is 2.13. The molecule has 0 fully saturated rings. The fourth-order valence-electron chi connectivity index (χ4n) is 9.78. The number of pyridine rings is 3. The number of thiazole rings is 3. The van der Waals surface area contributed by atoms with Crippen LogP contribution in [0, 0.1) is 0 Å². The Morgan fingerprint density at radius 1 is 0.500 bits per heavy atom. The van der Waals surface area contributed by atoms with Crippen LogP contribution in [0.25, 0.3) is 21.1 Å². The van der Waals surface area contributed by atoms with Crippen molar-refractivity contribution in [3.8, 4) is 67.4 Å². The number of hydrogen-bond donors (Lipinski definition) is 9. The van der Waals surface area contributed by atoms with Gasteiger partial charge in [-0.1, -0.05) is 54.1 Å². The Kier molecular flexibility index (Phi) is 23.5. The molecule has 26 nitrogen and oxygen atoms in total. The van der Waals surface area contributed by atoms with Crippen molar-refractivity contribution in [2.75, 3.05) is 37.3 Å². The number of carbonyl (C=O) groups excluding carboxylic acids is 6. The maximum atomic E-state index is 12.7. The maximum Gasteiger partial charge on any atom is 0.490 e. The number of para-hydroxylation sites is 3. The number of benzene rings is 6. The molecule has 9 heterocycles. The fraction of sp³-hybridized carbons (Fsp3) is 0.0833. The molecule has 3 aliphatic rings. The van der Waals surface area contributed by atoms with E-state index in [9.17, 15) is 38.0 Å². The third-order valence-corrected chi connectivity index (χ3v) is 18.1. The molecule has 0 saturated heterocycles. The molecule has 0 saturated carbocycles. The van der Waals surface area contributed by atoms with Crippen LogP contribution in [0.2, 0.25) is 4.47 Å². The van der Waals surface area contributed by atoms with E-state index in [4.69, 9.17) is 46.7 Å². The number of anilines is 3. The number of fused-ring (bicyclic) bond motifs is 6. The molecular formula is C72H57BClFN12O14S3. The summed E-state index contributed by atoms with van der Waals surface area (Å²) in [6.45, 7) is 0.950. The molecule has 0 spiro atoms. The van der Waals surface area contributed by atoms with E-state index in [1.165, 1.54) is 59.4 Å². The number of hydrogen-bond acceptors (Lipinski definition) is 22. The van der Waals surface area contributed by atoms with Gasteiger partial charge in [-0.3, -0.25) is 38.0 Å². The van der Waals surface area contributed by atoms with Gasteiger partial charge in [0.15, 0.2) is 21.7 Å². The summed E-state index contributed by atoms with van der Waals surface area (Å²) in [6.07, 6.45) is 9.69. The molecule has 104 heavy (non-hydrogen) atoms. The van der Waals surface area contributed by atoms with E-state index < -0.39 is 14.3 Å². The van der Waals surface area contributed by atoms with Gasteiger partial charge in [0.2, 0.25) is 17.3 Å². The van der Waals surface area contributed by atoms with Gasteiger partial charge in [0.25, 0.3) is 35.4 Å². The number of carbonyl (C=O) groups is 6. The summed E-state index contributed by atoms with van der Waals surface area (Å²) in [6, 6.07) is 45.6. The summed E-state index contributed by atoms with van der Waals surface area (Å²) < 4.78 is 43.3. The molecular weight excluding hydrogens is 1420 g/mol. The lowest BCUT2D eigenvalue weighted by Gasteiger charge is -2.10. The van der Waals surface area contributed by atoms with Crippen molar-refractivity contribution in [1.82, 2.24) is 45.9 Å². The van der Waals surface area contributed by atoms with Crippen LogP contribution in [-0.4, -0.2) is 104 Å². The van der Waals surface area contributed by atoms with Crippen molar-refractivity contribution in [2.24, 2.45) is 0 Å². The highest BCUT2D eigenvalue weighted by atomic mass is 35.5. The molecule has 12 aromatic rings. The van der Waals surface area contributed by atoms with Crippen LogP contribution in [0.5, 0.6) is 46.3 Å². The van der Waals surface area contributed by atoms with Gasteiger partial charge < -0.3 is 70.6 Å². The van der Waals surface area contributed by atoms with Gasteiger partial charge in [0.1, 0.15) is 27.3 Å². The zero-order chi connectivity index (χ0) is 73.9. The van der Waals surface area contributed by atoms with Crippen molar-refractivity contribution in [2.45, 2.75) is 19.6 Å². The second kappa shape index (κ2) is 34.2. The number of aromatic amines is 1. The molecule has 0 atom stereocenters. The SMILES string of the molecule is COc1ccc(-c2ncc(CNC(=O)c3ccc4c(c3)NC(=O)c3ccccc3O4)s2)cn1.COc1ccc(B(O)O)cn1.O=C(NCc1cnc(-c2ccc(=O)[nH]c2)s1)c1ccc2c(c1)NC(=O)c1ccccc1O2.O=C(NCc1cnc(Cl)s1)c1ccc2c(c1)NC(=O)c1ccccc1O2.[2H]CF. The van der Waals surface area contributed by atoms with E-state index in [2.05, 4.69) is 61.8 Å². The molecule has 6 amide bonds. The standard InChI is InChI=1S/C24H18N4O4S.C23H16N4O4S.C18H12ClN3O3S.C6H8BNO3.CH3F/c1-31-21-9-7-15(11-25-21)24-27-13-16(33-24)12-26-22(29)14-6-8-20-18(10-14)28-23(30)17-4-2-3-5-19(17)32-20;28-20-8-6-14(10-24-20)23-26-12-15(32-23)11-25-21(29)13-5-7-19-17(9-13)27-22(30)16-3-1-2-4-18(16)31-19;19-18-21-9-11(26-18)8-20-16(23)10-5-6-15-13(7-10)22-17(24)12-3-1-2-4-14(12)25-15;1-11-6-3-2-5(4-8-6)7(9)10;1-2/h2-11,13H,12H2,1H3,(H,26,29)(H,28,30);1-10,12H,11H2,(H,24,28)(H,25,29)(H,27,30);1-7,9H,8H2,(H,20,23)(H,22,24);2-4,9-10H,1H3;1H3/i;;;;1D. The average Bonchev–Trinajstić information content (AvgIpc) is 1.63. The minimum Gasteiger partial charge on any atom is -0.481 e.